The molecule has 42 heavy (non-hydrogen) atoms. The predicted molar refractivity (Wildman–Crippen MR) is 160 cm³/mol. The molecule has 0 spiro atoms. The second-order valence-electron chi connectivity index (χ2n) is 11.9. The molecule has 1 aliphatic rings. The lowest BCUT2D eigenvalue weighted by atomic mass is 10.0. The minimum atomic E-state index is -0.755. The molecule has 2 amide bonds. The van der Waals surface area contributed by atoms with Crippen LogP contribution in [-0.4, -0.2) is 78.6 Å². The van der Waals surface area contributed by atoms with Crippen molar-refractivity contribution in [3.05, 3.63) is 60.3 Å². The Labute approximate surface area is 246 Å². The third kappa shape index (κ3) is 8.32. The first-order valence-corrected chi connectivity index (χ1v) is 13.9. The van der Waals surface area contributed by atoms with E-state index in [4.69, 9.17) is 13.9 Å². The van der Waals surface area contributed by atoms with Crippen LogP contribution in [0.15, 0.2) is 59.1 Å². The molecular formula is C31H39N5O6. The quantitative estimate of drug-likeness (QED) is 0.302. The zero-order chi connectivity index (χ0) is 30.5. The highest BCUT2D eigenvalue weighted by molar-refractivity contribution is 6.39. The van der Waals surface area contributed by atoms with Crippen LogP contribution in [0.25, 0.3) is 11.3 Å². The summed E-state index contributed by atoms with van der Waals surface area (Å²) >= 11 is 0. The van der Waals surface area contributed by atoms with Gasteiger partial charge in [-0.25, -0.2) is 4.79 Å². The highest BCUT2D eigenvalue weighted by atomic mass is 16.6. The maximum absolute atomic E-state index is 12.8. The number of nitrogens with zero attached hydrogens (tertiary/aromatic N) is 3. The molecule has 0 saturated carbocycles. The molecule has 1 aromatic heterocycles. The van der Waals surface area contributed by atoms with Gasteiger partial charge in [0.05, 0.1) is 18.9 Å². The maximum atomic E-state index is 12.8. The zero-order valence-electron chi connectivity index (χ0n) is 25.0. The van der Waals surface area contributed by atoms with Crippen molar-refractivity contribution in [3.63, 3.8) is 0 Å². The molecule has 1 aliphatic heterocycles. The van der Waals surface area contributed by atoms with Crippen LogP contribution >= 0.6 is 0 Å². The summed E-state index contributed by atoms with van der Waals surface area (Å²) in [4.78, 5) is 46.3. The van der Waals surface area contributed by atoms with Crippen molar-refractivity contribution in [3.8, 4) is 17.4 Å². The van der Waals surface area contributed by atoms with E-state index in [0.29, 0.717) is 29.1 Å². The molecular weight excluding hydrogens is 538 g/mol. The molecule has 2 heterocycles. The Bertz CT molecular complexity index is 1400. The molecule has 224 valence electrons. The average molecular weight is 578 g/mol. The van der Waals surface area contributed by atoms with E-state index in [2.05, 4.69) is 25.4 Å². The smallest absolute Gasteiger partial charge is 0.393 e. The van der Waals surface area contributed by atoms with Crippen LogP contribution in [0, 0.1) is 0 Å². The summed E-state index contributed by atoms with van der Waals surface area (Å²) in [5.41, 5.74) is 1.53. The largest absolute Gasteiger partial charge is 0.456 e. The molecule has 0 atom stereocenters. The number of methoxy groups -OCH3 is 1. The number of amides is 2. The number of rotatable bonds is 8. The van der Waals surface area contributed by atoms with Crippen molar-refractivity contribution < 1.29 is 28.3 Å². The van der Waals surface area contributed by atoms with Crippen molar-refractivity contribution in [2.45, 2.75) is 45.8 Å². The second kappa shape index (κ2) is 12.6. The van der Waals surface area contributed by atoms with E-state index in [1.54, 1.807) is 36.4 Å². The van der Waals surface area contributed by atoms with E-state index >= 15 is 0 Å². The van der Waals surface area contributed by atoms with E-state index < -0.39 is 23.0 Å². The third-order valence-electron chi connectivity index (χ3n) is 6.58. The highest BCUT2D eigenvalue weighted by Crippen LogP contribution is 2.26. The molecule has 0 unspecified atom stereocenters. The molecule has 0 radical (unpaired) electrons. The summed E-state index contributed by atoms with van der Waals surface area (Å²) in [7, 11) is 1.46. The van der Waals surface area contributed by atoms with Gasteiger partial charge in [0.15, 0.2) is 5.76 Å². The Morgan fingerprint density at radius 1 is 0.952 bits per heavy atom. The summed E-state index contributed by atoms with van der Waals surface area (Å²) in [6.07, 6.45) is 1.66. The van der Waals surface area contributed by atoms with E-state index in [1.165, 1.54) is 13.3 Å². The van der Waals surface area contributed by atoms with E-state index in [-0.39, 0.29) is 12.0 Å². The van der Waals surface area contributed by atoms with Crippen molar-refractivity contribution in [1.29, 1.82) is 0 Å². The summed E-state index contributed by atoms with van der Waals surface area (Å²) < 4.78 is 15.9. The lowest BCUT2D eigenvalue weighted by Gasteiger charge is -2.40. The van der Waals surface area contributed by atoms with Crippen molar-refractivity contribution >= 4 is 29.2 Å². The molecule has 2 N–H and O–H groups in total. The number of ether oxygens (including phenoxy) is 2. The maximum Gasteiger partial charge on any atom is 0.393 e. The van der Waals surface area contributed by atoms with Gasteiger partial charge in [-0.3, -0.25) is 14.5 Å². The number of nitrogens with one attached hydrogen (secondary N) is 2. The van der Waals surface area contributed by atoms with E-state index in [9.17, 15) is 14.4 Å². The SMILES string of the molecule is COc1ncc(-c2cccc(NC(=O)C(=O)NC(C)(C)CN3CCN(c4ccc(C(=O)OC(C)(C)C)cc4)CC3)c2)o1. The van der Waals surface area contributed by atoms with Crippen LogP contribution in [0.1, 0.15) is 45.0 Å². The van der Waals surface area contributed by atoms with Gasteiger partial charge in [0.25, 0.3) is 0 Å². The normalized spacial score (nSPS) is 14.3. The molecule has 11 heteroatoms. The molecule has 4 rings (SSSR count). The molecule has 2 aromatic carbocycles. The molecule has 3 aromatic rings. The number of esters is 1. The van der Waals surface area contributed by atoms with E-state index in [1.807, 2.05) is 46.8 Å². The van der Waals surface area contributed by atoms with Crippen LogP contribution in [0.4, 0.5) is 11.4 Å². The standard InChI is InChI=1S/C31H39N5O6/c1-30(2,3)42-28(39)21-10-12-24(13-11-21)36-16-14-35(15-17-36)20-31(4,5)34-27(38)26(37)33-23-9-7-8-22(18-23)25-19-32-29(40-6)41-25/h7-13,18-19H,14-17,20H2,1-6H3,(H,33,37)(H,34,38). The topological polar surface area (TPSA) is 126 Å². The first-order valence-electron chi connectivity index (χ1n) is 13.9. The van der Waals surface area contributed by atoms with Gasteiger partial charge in [-0.1, -0.05) is 12.1 Å². The van der Waals surface area contributed by atoms with Gasteiger partial charge in [0.2, 0.25) is 0 Å². The molecule has 11 nitrogen and oxygen atoms in total. The number of piperazine rings is 1. The van der Waals surface area contributed by atoms with Crippen LogP contribution < -0.4 is 20.3 Å². The molecule has 1 saturated heterocycles. The number of carbonyl (C=O) groups excluding carboxylic acids is 3. The first-order chi connectivity index (χ1) is 19.8. The molecule has 1 fully saturated rings. The summed E-state index contributed by atoms with van der Waals surface area (Å²) in [6.45, 7) is 13.1. The van der Waals surface area contributed by atoms with Gasteiger partial charge >= 0.3 is 23.9 Å². The van der Waals surface area contributed by atoms with Gasteiger partial charge in [-0.15, -0.1) is 0 Å². The summed E-state index contributed by atoms with van der Waals surface area (Å²) in [6, 6.07) is 14.4. The summed E-state index contributed by atoms with van der Waals surface area (Å²) in [5, 5.41) is 5.51. The van der Waals surface area contributed by atoms with Crippen molar-refractivity contribution in [2.75, 3.05) is 50.1 Å². The minimum absolute atomic E-state index is 0.136. The number of hydrogen-bond donors (Lipinski definition) is 2. The fourth-order valence-corrected chi connectivity index (χ4v) is 4.70. The highest BCUT2D eigenvalue weighted by Gasteiger charge is 2.29. The number of oxazole rings is 1. The molecule has 0 aliphatic carbocycles. The van der Waals surface area contributed by atoms with Gasteiger partial charge in [-0.05, 0) is 71.0 Å². The fraction of sp³-hybridized carbons (Fsp3) is 0.419. The predicted octanol–water partition coefficient (Wildman–Crippen LogP) is 3.96. The second-order valence-corrected chi connectivity index (χ2v) is 11.9. The Hall–Kier alpha value is -4.38. The Morgan fingerprint density at radius 3 is 2.26 bits per heavy atom. The van der Waals surface area contributed by atoms with Crippen molar-refractivity contribution in [1.82, 2.24) is 15.2 Å². The monoisotopic (exact) mass is 577 g/mol. The number of anilines is 2. The van der Waals surface area contributed by atoms with Gasteiger partial charge in [0, 0.05) is 55.2 Å². The number of benzene rings is 2. The minimum Gasteiger partial charge on any atom is -0.456 e. The molecule has 0 bridgehead atoms. The lowest BCUT2D eigenvalue weighted by molar-refractivity contribution is -0.137. The number of aromatic nitrogens is 1. The Kier molecular flexibility index (Phi) is 9.20. The summed E-state index contributed by atoms with van der Waals surface area (Å²) in [5.74, 6) is -1.32. The first kappa shape index (κ1) is 30.6. The Balaban J connectivity index is 1.25. The lowest BCUT2D eigenvalue weighted by Crippen LogP contribution is -2.57. The number of hydrogen-bond acceptors (Lipinski definition) is 9. The van der Waals surface area contributed by atoms with Gasteiger partial charge < -0.3 is 29.4 Å². The van der Waals surface area contributed by atoms with Crippen LogP contribution in [0.2, 0.25) is 0 Å². The number of carbonyl (C=O) groups is 3. The zero-order valence-corrected chi connectivity index (χ0v) is 25.0. The Morgan fingerprint density at radius 2 is 1.64 bits per heavy atom. The van der Waals surface area contributed by atoms with Crippen LogP contribution in [0.5, 0.6) is 6.08 Å². The van der Waals surface area contributed by atoms with Gasteiger partial charge in [0.1, 0.15) is 5.60 Å². The van der Waals surface area contributed by atoms with Crippen LogP contribution in [-0.2, 0) is 14.3 Å². The fourth-order valence-electron chi connectivity index (χ4n) is 4.70. The van der Waals surface area contributed by atoms with E-state index in [0.717, 1.165) is 31.9 Å². The third-order valence-corrected chi connectivity index (χ3v) is 6.58. The average Bonchev–Trinajstić information content (AvgIpc) is 3.42. The van der Waals surface area contributed by atoms with Crippen LogP contribution in [0.3, 0.4) is 0 Å². The van der Waals surface area contributed by atoms with Crippen molar-refractivity contribution in [2.24, 2.45) is 0 Å². The van der Waals surface area contributed by atoms with Gasteiger partial charge in [-0.2, -0.15) is 4.98 Å².